The van der Waals surface area contributed by atoms with Crippen molar-refractivity contribution < 1.29 is 0 Å². The number of rotatable bonds is 10. The number of likely N-dealkylation sites (tertiary alicyclic amines) is 1. The van der Waals surface area contributed by atoms with Crippen LogP contribution in [-0.4, -0.2) is 38.1 Å². The Kier molecular flexibility index (Phi) is 9.59. The van der Waals surface area contributed by atoms with Gasteiger partial charge in [0.25, 0.3) is 0 Å². The van der Waals surface area contributed by atoms with Crippen molar-refractivity contribution in [3.05, 3.63) is 0 Å². The second-order valence-electron chi connectivity index (χ2n) is 5.95. The van der Waals surface area contributed by atoms with Crippen LogP contribution in [0, 0.1) is 5.92 Å². The fraction of sp³-hybridized carbons (Fsp3) is 1.00. The Morgan fingerprint density at radius 1 is 1.00 bits per heavy atom. The third kappa shape index (κ3) is 7.38. The molecule has 0 aromatic carbocycles. The Labute approximate surface area is 115 Å². The van der Waals surface area contributed by atoms with E-state index in [0.29, 0.717) is 0 Å². The van der Waals surface area contributed by atoms with Crippen LogP contribution in [0.5, 0.6) is 0 Å². The number of piperidine rings is 1. The Balaban J connectivity index is 1.92. The van der Waals surface area contributed by atoms with Crippen molar-refractivity contribution >= 4 is 0 Å². The lowest BCUT2D eigenvalue weighted by atomic mass is 9.93. The van der Waals surface area contributed by atoms with E-state index in [2.05, 4.69) is 24.2 Å². The summed E-state index contributed by atoms with van der Waals surface area (Å²) in [6.45, 7) is 7.54. The van der Waals surface area contributed by atoms with Crippen molar-refractivity contribution in [2.24, 2.45) is 5.92 Å². The smallest absolute Gasteiger partial charge is 0.00161 e. The van der Waals surface area contributed by atoms with Crippen LogP contribution >= 0.6 is 0 Å². The van der Waals surface area contributed by atoms with Gasteiger partial charge >= 0.3 is 0 Å². The number of unbranched alkanes of at least 4 members (excludes halogenated alkanes) is 5. The second kappa shape index (κ2) is 10.8. The molecule has 0 unspecified atom stereocenters. The van der Waals surface area contributed by atoms with Crippen LogP contribution in [0.4, 0.5) is 0 Å². The van der Waals surface area contributed by atoms with Gasteiger partial charge in [0.15, 0.2) is 0 Å². The summed E-state index contributed by atoms with van der Waals surface area (Å²) in [4.78, 5) is 2.69. The SMILES string of the molecule is CCCCCCCCN1CCC(CCNC)CC1. The molecule has 0 aliphatic carbocycles. The monoisotopic (exact) mass is 254 g/mol. The molecule has 0 aromatic heterocycles. The summed E-state index contributed by atoms with van der Waals surface area (Å²) in [5.74, 6) is 0.984. The minimum Gasteiger partial charge on any atom is -0.320 e. The molecule has 0 radical (unpaired) electrons. The highest BCUT2D eigenvalue weighted by molar-refractivity contribution is 4.72. The molecule has 0 bridgehead atoms. The first-order valence-corrected chi connectivity index (χ1v) is 8.23. The van der Waals surface area contributed by atoms with Gasteiger partial charge in [-0.3, -0.25) is 0 Å². The zero-order chi connectivity index (χ0) is 13.1. The Hall–Kier alpha value is -0.0800. The first kappa shape index (κ1) is 16.0. The lowest BCUT2D eigenvalue weighted by molar-refractivity contribution is 0.176. The van der Waals surface area contributed by atoms with E-state index in [4.69, 9.17) is 0 Å². The van der Waals surface area contributed by atoms with Crippen LogP contribution in [0.15, 0.2) is 0 Å². The largest absolute Gasteiger partial charge is 0.320 e. The molecule has 0 aromatic rings. The maximum Gasteiger partial charge on any atom is -0.00161 e. The zero-order valence-electron chi connectivity index (χ0n) is 12.7. The average molecular weight is 254 g/mol. The van der Waals surface area contributed by atoms with E-state index in [0.717, 1.165) is 5.92 Å². The number of nitrogens with one attached hydrogen (secondary N) is 1. The molecule has 1 rings (SSSR count). The lowest BCUT2D eigenvalue weighted by Gasteiger charge is -2.32. The van der Waals surface area contributed by atoms with Gasteiger partial charge in [-0.1, -0.05) is 39.0 Å². The molecule has 1 saturated heterocycles. The van der Waals surface area contributed by atoms with Crippen LogP contribution in [0.1, 0.15) is 64.7 Å². The molecular formula is C16H34N2. The lowest BCUT2D eigenvalue weighted by Crippen LogP contribution is -2.35. The molecule has 2 nitrogen and oxygen atoms in total. The van der Waals surface area contributed by atoms with E-state index in [9.17, 15) is 0 Å². The third-order valence-corrected chi connectivity index (χ3v) is 4.34. The van der Waals surface area contributed by atoms with Gasteiger partial charge in [0, 0.05) is 0 Å². The first-order chi connectivity index (χ1) is 8.86. The summed E-state index contributed by atoms with van der Waals surface area (Å²) in [6.07, 6.45) is 12.8. The fourth-order valence-electron chi connectivity index (χ4n) is 2.96. The van der Waals surface area contributed by atoms with Gasteiger partial charge in [0.2, 0.25) is 0 Å². The molecule has 1 fully saturated rings. The second-order valence-corrected chi connectivity index (χ2v) is 5.95. The molecule has 1 aliphatic heterocycles. The van der Waals surface area contributed by atoms with Crippen LogP contribution in [0.25, 0.3) is 0 Å². The molecule has 1 aliphatic rings. The van der Waals surface area contributed by atoms with Gasteiger partial charge in [-0.2, -0.15) is 0 Å². The Morgan fingerprint density at radius 2 is 1.67 bits per heavy atom. The quantitative estimate of drug-likeness (QED) is 0.598. The van der Waals surface area contributed by atoms with E-state index < -0.39 is 0 Å². The molecule has 1 heterocycles. The molecule has 0 saturated carbocycles. The minimum absolute atomic E-state index is 0.984. The molecule has 2 heteroatoms. The standard InChI is InChI=1S/C16H34N2/c1-3-4-5-6-7-8-13-18-14-10-16(11-15-18)9-12-17-2/h16-17H,3-15H2,1-2H3. The van der Waals surface area contributed by atoms with Gasteiger partial charge in [-0.05, 0) is 64.8 Å². The highest BCUT2D eigenvalue weighted by atomic mass is 15.1. The van der Waals surface area contributed by atoms with Crippen molar-refractivity contribution in [1.29, 1.82) is 0 Å². The molecule has 0 spiro atoms. The maximum atomic E-state index is 3.27. The van der Waals surface area contributed by atoms with Gasteiger partial charge < -0.3 is 10.2 Å². The average Bonchev–Trinajstić information content (AvgIpc) is 2.42. The van der Waals surface area contributed by atoms with Crippen LogP contribution in [0.3, 0.4) is 0 Å². The summed E-state index contributed by atoms with van der Waals surface area (Å²) in [7, 11) is 2.06. The number of hydrogen-bond acceptors (Lipinski definition) is 2. The normalized spacial score (nSPS) is 18.3. The number of hydrogen-bond donors (Lipinski definition) is 1. The predicted octanol–water partition coefficient (Wildman–Crippen LogP) is 3.67. The summed E-state index contributed by atoms with van der Waals surface area (Å²) in [5, 5.41) is 3.27. The van der Waals surface area contributed by atoms with E-state index in [1.165, 1.54) is 84.0 Å². The van der Waals surface area contributed by atoms with Crippen molar-refractivity contribution in [3.8, 4) is 0 Å². The fourth-order valence-corrected chi connectivity index (χ4v) is 2.96. The third-order valence-electron chi connectivity index (χ3n) is 4.34. The molecule has 0 atom stereocenters. The number of nitrogens with zero attached hydrogens (tertiary/aromatic N) is 1. The summed E-state index contributed by atoms with van der Waals surface area (Å²) in [5.41, 5.74) is 0. The van der Waals surface area contributed by atoms with E-state index in [-0.39, 0.29) is 0 Å². The molecule has 0 amide bonds. The molecular weight excluding hydrogens is 220 g/mol. The minimum atomic E-state index is 0.984. The van der Waals surface area contributed by atoms with E-state index >= 15 is 0 Å². The van der Waals surface area contributed by atoms with Gasteiger partial charge in [-0.15, -0.1) is 0 Å². The van der Waals surface area contributed by atoms with Crippen LogP contribution in [0.2, 0.25) is 0 Å². The van der Waals surface area contributed by atoms with Crippen molar-refractivity contribution in [2.45, 2.75) is 64.7 Å². The molecule has 1 N–H and O–H groups in total. The molecule has 108 valence electrons. The highest BCUT2D eigenvalue weighted by Crippen LogP contribution is 2.20. The predicted molar refractivity (Wildman–Crippen MR) is 81.1 cm³/mol. The van der Waals surface area contributed by atoms with E-state index in [1.54, 1.807) is 0 Å². The van der Waals surface area contributed by atoms with Crippen molar-refractivity contribution in [1.82, 2.24) is 10.2 Å². The molecule has 18 heavy (non-hydrogen) atoms. The summed E-state index contributed by atoms with van der Waals surface area (Å²) >= 11 is 0. The summed E-state index contributed by atoms with van der Waals surface area (Å²) < 4.78 is 0. The topological polar surface area (TPSA) is 15.3 Å². The van der Waals surface area contributed by atoms with Crippen LogP contribution < -0.4 is 5.32 Å². The Bertz CT molecular complexity index is 174. The maximum absolute atomic E-state index is 3.27. The first-order valence-electron chi connectivity index (χ1n) is 8.23. The van der Waals surface area contributed by atoms with Crippen molar-refractivity contribution in [3.63, 3.8) is 0 Å². The van der Waals surface area contributed by atoms with E-state index in [1.807, 2.05) is 0 Å². The zero-order valence-corrected chi connectivity index (χ0v) is 12.7. The summed E-state index contributed by atoms with van der Waals surface area (Å²) in [6, 6.07) is 0. The van der Waals surface area contributed by atoms with Gasteiger partial charge in [0.05, 0.1) is 0 Å². The van der Waals surface area contributed by atoms with Crippen molar-refractivity contribution in [2.75, 3.05) is 33.2 Å². The van der Waals surface area contributed by atoms with Gasteiger partial charge in [0.1, 0.15) is 0 Å². The highest BCUT2D eigenvalue weighted by Gasteiger charge is 2.17. The van der Waals surface area contributed by atoms with Crippen LogP contribution in [-0.2, 0) is 0 Å². The Morgan fingerprint density at radius 3 is 2.33 bits per heavy atom. The van der Waals surface area contributed by atoms with Gasteiger partial charge in [-0.25, -0.2) is 0 Å².